The van der Waals surface area contributed by atoms with E-state index >= 15 is 0 Å². The van der Waals surface area contributed by atoms with Crippen molar-refractivity contribution in [3.63, 3.8) is 0 Å². The van der Waals surface area contributed by atoms with E-state index in [9.17, 15) is 22.8 Å². The number of amides is 2. The third-order valence-corrected chi connectivity index (χ3v) is 9.14. The topological polar surface area (TPSA) is 49.4 Å². The van der Waals surface area contributed by atoms with Gasteiger partial charge in [0.1, 0.15) is 12.5 Å². The molecule has 7 heteroatoms. The largest absolute Gasteiger partial charge is 0.405 e. The minimum absolute atomic E-state index is 0.0775. The summed E-state index contributed by atoms with van der Waals surface area (Å²) in [5, 5.41) is 1.96. The maximum absolute atomic E-state index is 12.9. The highest BCUT2D eigenvalue weighted by Gasteiger charge is 2.61. The summed E-state index contributed by atoms with van der Waals surface area (Å²) in [6.07, 6.45) is 4.08. The lowest BCUT2D eigenvalue weighted by atomic mass is 9.47. The molecule has 2 unspecified atom stereocenters. The second-order valence-electron chi connectivity index (χ2n) is 10.6. The van der Waals surface area contributed by atoms with Crippen LogP contribution in [0.4, 0.5) is 13.2 Å². The fourth-order valence-corrected chi connectivity index (χ4v) is 7.79. The first-order chi connectivity index (χ1) is 13.5. The van der Waals surface area contributed by atoms with Crippen LogP contribution in [0.15, 0.2) is 0 Å². The summed E-state index contributed by atoms with van der Waals surface area (Å²) in [5.41, 5.74) is 0.208. The highest BCUT2D eigenvalue weighted by atomic mass is 19.4. The number of likely N-dealkylation sites (tertiary alicyclic amines) is 1. The van der Waals surface area contributed by atoms with Crippen LogP contribution in [0.1, 0.15) is 65.2 Å². The second-order valence-corrected chi connectivity index (χ2v) is 10.6. The first-order valence-electron chi connectivity index (χ1n) is 11.1. The molecule has 0 bridgehead atoms. The van der Waals surface area contributed by atoms with Crippen LogP contribution in [0.2, 0.25) is 0 Å². The van der Waals surface area contributed by atoms with Crippen LogP contribution < -0.4 is 5.32 Å². The fraction of sp³-hybridized carbons (Fsp3) is 0.909. The Hall–Kier alpha value is -1.27. The lowest BCUT2D eigenvalue weighted by Crippen LogP contribution is -2.64. The molecule has 2 amide bonds. The van der Waals surface area contributed by atoms with Crippen molar-refractivity contribution in [2.75, 3.05) is 13.6 Å². The molecule has 4 aliphatic rings. The Labute approximate surface area is 171 Å². The Morgan fingerprint density at radius 3 is 2.55 bits per heavy atom. The summed E-state index contributed by atoms with van der Waals surface area (Å²) in [6, 6.07) is 0.0775. The molecule has 4 rings (SSSR count). The van der Waals surface area contributed by atoms with Gasteiger partial charge in [-0.3, -0.25) is 9.59 Å². The molecule has 164 valence electrons. The summed E-state index contributed by atoms with van der Waals surface area (Å²) in [6.45, 7) is 3.24. The van der Waals surface area contributed by atoms with Crippen molar-refractivity contribution in [1.29, 1.82) is 0 Å². The number of piperidine rings is 1. The van der Waals surface area contributed by atoms with E-state index in [4.69, 9.17) is 0 Å². The molecule has 1 saturated heterocycles. The van der Waals surface area contributed by atoms with Crippen molar-refractivity contribution < 1.29 is 22.8 Å². The quantitative estimate of drug-likeness (QED) is 0.691. The Bertz CT molecular complexity index is 696. The Morgan fingerprint density at radius 1 is 1.14 bits per heavy atom. The zero-order chi connectivity index (χ0) is 21.2. The molecule has 7 atom stereocenters. The first kappa shape index (κ1) is 21.0. The molecule has 3 aliphatic carbocycles. The maximum atomic E-state index is 12.9. The third kappa shape index (κ3) is 3.36. The van der Waals surface area contributed by atoms with Crippen molar-refractivity contribution in [2.45, 2.75) is 77.4 Å². The van der Waals surface area contributed by atoms with Crippen LogP contribution in [-0.2, 0) is 9.59 Å². The molecule has 3 saturated carbocycles. The number of rotatable bonds is 2. The molecule has 0 aromatic carbocycles. The summed E-state index contributed by atoms with van der Waals surface area (Å²) >= 11 is 0. The van der Waals surface area contributed by atoms with E-state index in [0.29, 0.717) is 29.6 Å². The number of carbonyl (C=O) groups excluding carboxylic acids is 2. The normalized spacial score (nSPS) is 44.7. The molecule has 0 radical (unpaired) electrons. The molecule has 29 heavy (non-hydrogen) atoms. The first-order valence-corrected chi connectivity index (χ1v) is 11.1. The highest BCUT2D eigenvalue weighted by Crippen LogP contribution is 2.65. The van der Waals surface area contributed by atoms with Gasteiger partial charge in [-0.2, -0.15) is 13.2 Å². The monoisotopic (exact) mass is 414 g/mol. The van der Waals surface area contributed by atoms with E-state index in [-0.39, 0.29) is 17.4 Å². The summed E-state index contributed by atoms with van der Waals surface area (Å²) in [7, 11) is 1.73. The van der Waals surface area contributed by atoms with Gasteiger partial charge in [0.2, 0.25) is 11.8 Å². The molecule has 4 nitrogen and oxygen atoms in total. The molecule has 0 aromatic rings. The van der Waals surface area contributed by atoms with Gasteiger partial charge in [0, 0.05) is 13.1 Å². The number of carbonyl (C=O) groups is 2. The van der Waals surface area contributed by atoms with Crippen LogP contribution >= 0.6 is 0 Å². The van der Waals surface area contributed by atoms with Gasteiger partial charge in [0.05, 0.1) is 0 Å². The molecule has 1 aliphatic heterocycles. The average molecular weight is 415 g/mol. The smallest absolute Gasteiger partial charge is 0.346 e. The number of halogens is 3. The number of fused-ring (bicyclic) bond motifs is 5. The maximum Gasteiger partial charge on any atom is 0.405 e. The lowest BCUT2D eigenvalue weighted by Gasteiger charge is -2.62. The molecular weight excluding hydrogens is 381 g/mol. The zero-order valence-corrected chi connectivity index (χ0v) is 17.6. The van der Waals surface area contributed by atoms with E-state index in [1.807, 2.05) is 5.32 Å². The third-order valence-electron chi connectivity index (χ3n) is 9.14. The Morgan fingerprint density at radius 2 is 1.86 bits per heavy atom. The van der Waals surface area contributed by atoms with Crippen molar-refractivity contribution in [3.8, 4) is 0 Å². The molecule has 0 aromatic heterocycles. The summed E-state index contributed by atoms with van der Waals surface area (Å²) in [4.78, 5) is 27.1. The predicted molar refractivity (Wildman–Crippen MR) is 103 cm³/mol. The van der Waals surface area contributed by atoms with Gasteiger partial charge < -0.3 is 10.2 Å². The average Bonchev–Trinajstić information content (AvgIpc) is 3.04. The van der Waals surface area contributed by atoms with Gasteiger partial charge >= 0.3 is 6.18 Å². The van der Waals surface area contributed by atoms with E-state index in [1.165, 1.54) is 25.7 Å². The van der Waals surface area contributed by atoms with E-state index in [1.54, 1.807) is 11.9 Å². The number of nitrogens with one attached hydrogen (secondary N) is 1. The van der Waals surface area contributed by atoms with Gasteiger partial charge in [-0.1, -0.05) is 20.3 Å². The Kier molecular flexibility index (Phi) is 4.97. The van der Waals surface area contributed by atoms with E-state index in [2.05, 4.69) is 13.8 Å². The van der Waals surface area contributed by atoms with Gasteiger partial charge in [0.25, 0.3) is 0 Å². The van der Waals surface area contributed by atoms with Crippen LogP contribution in [0.25, 0.3) is 0 Å². The number of hydrogen-bond donors (Lipinski definition) is 1. The molecular formula is C22H33F3N2O2. The highest BCUT2D eigenvalue weighted by molar-refractivity contribution is 6.01. The fourth-order valence-electron chi connectivity index (χ4n) is 7.79. The molecule has 4 fully saturated rings. The van der Waals surface area contributed by atoms with Gasteiger partial charge in [-0.05, 0) is 73.5 Å². The van der Waals surface area contributed by atoms with Crippen LogP contribution in [0.5, 0.6) is 0 Å². The number of hydrogen-bond acceptors (Lipinski definition) is 2. The van der Waals surface area contributed by atoms with Crippen molar-refractivity contribution in [3.05, 3.63) is 0 Å². The lowest BCUT2D eigenvalue weighted by molar-refractivity contribution is -0.171. The van der Waals surface area contributed by atoms with E-state index < -0.39 is 24.5 Å². The number of nitrogens with zero attached hydrogens (tertiary/aromatic N) is 1. The van der Waals surface area contributed by atoms with Gasteiger partial charge in [-0.15, -0.1) is 0 Å². The number of alkyl halides is 3. The van der Waals surface area contributed by atoms with Crippen molar-refractivity contribution >= 4 is 11.8 Å². The van der Waals surface area contributed by atoms with Crippen molar-refractivity contribution in [1.82, 2.24) is 10.2 Å². The van der Waals surface area contributed by atoms with Gasteiger partial charge in [-0.25, -0.2) is 0 Å². The molecule has 0 spiro atoms. The summed E-state index contributed by atoms with van der Waals surface area (Å²) in [5.74, 6) is -0.364. The van der Waals surface area contributed by atoms with Crippen LogP contribution in [0, 0.1) is 34.5 Å². The standard InChI is InChI=1S/C22H33F3N2O2/c1-20-9-4-5-15(20)13-6-7-17-21(2,16(13)8-10-20)11-14(19(29)27(17)3)18(28)26-12-22(23,24)25/h13-17H,4-12H2,1-3H3,(H,26,28)/t13-,14?,15-,16+,17?,20-,21+/m0/s1. The molecule has 1 N–H and O–H groups in total. The van der Waals surface area contributed by atoms with Crippen LogP contribution in [-0.4, -0.2) is 42.5 Å². The van der Waals surface area contributed by atoms with Crippen LogP contribution in [0.3, 0.4) is 0 Å². The minimum atomic E-state index is -4.47. The Balaban J connectivity index is 1.58. The summed E-state index contributed by atoms with van der Waals surface area (Å²) < 4.78 is 37.7. The molecule has 1 heterocycles. The minimum Gasteiger partial charge on any atom is -0.346 e. The van der Waals surface area contributed by atoms with Crippen molar-refractivity contribution in [2.24, 2.45) is 34.5 Å². The van der Waals surface area contributed by atoms with E-state index in [0.717, 1.165) is 19.3 Å². The zero-order valence-electron chi connectivity index (χ0n) is 17.6. The van der Waals surface area contributed by atoms with Gasteiger partial charge in [0.15, 0.2) is 0 Å². The second kappa shape index (κ2) is 6.88. The SMILES string of the molecule is CN1C(=O)C(C(=O)NCC(F)(F)F)C[C@@]2(C)C1CC[C@@H]1[C@H]2CC[C@]2(C)CCC[C@@H]12. The predicted octanol–water partition coefficient (Wildman–Crippen LogP) is 4.14.